The summed E-state index contributed by atoms with van der Waals surface area (Å²) >= 11 is 3.39. The second-order valence-corrected chi connectivity index (χ2v) is 8.06. The Morgan fingerprint density at radius 2 is 1.25 bits per heavy atom. The van der Waals surface area contributed by atoms with Crippen LogP contribution in [0.25, 0.3) is 0 Å². The summed E-state index contributed by atoms with van der Waals surface area (Å²) in [6.07, 6.45) is -1.44. The fraction of sp³-hybridized carbons (Fsp3) is 0.556. The van der Waals surface area contributed by atoms with Gasteiger partial charge in [-0.3, -0.25) is 0 Å². The molecule has 0 aliphatic rings. The number of benzene rings is 1. The smallest absolute Gasteiger partial charge is 0.420 e. The highest BCUT2D eigenvalue weighted by Gasteiger charge is 2.31. The molecule has 0 unspecified atom stereocenters. The van der Waals surface area contributed by atoms with Crippen LogP contribution in [0.2, 0.25) is 0 Å². The van der Waals surface area contributed by atoms with E-state index in [4.69, 9.17) is 9.47 Å². The third-order valence-corrected chi connectivity index (χ3v) is 3.39. The zero-order valence-electron chi connectivity index (χ0n) is 15.2. The topological polar surface area (TPSA) is 55.8 Å². The van der Waals surface area contributed by atoms with Crippen molar-refractivity contribution in [3.05, 3.63) is 35.4 Å². The summed E-state index contributed by atoms with van der Waals surface area (Å²) in [7, 11) is 0. The molecule has 0 atom stereocenters. The van der Waals surface area contributed by atoms with Gasteiger partial charge >= 0.3 is 12.2 Å². The quantitative estimate of drug-likeness (QED) is 0.650. The minimum atomic E-state index is -0.721. The average molecular weight is 400 g/mol. The Morgan fingerprint density at radius 1 is 0.875 bits per heavy atom. The molecule has 0 spiro atoms. The summed E-state index contributed by atoms with van der Waals surface area (Å²) in [5.74, 6) is 0. The number of ether oxygens (including phenoxy) is 2. The summed E-state index contributed by atoms with van der Waals surface area (Å²) in [4.78, 5) is 25.8. The molecule has 6 heteroatoms. The summed E-state index contributed by atoms with van der Waals surface area (Å²) in [6.45, 7) is 10.6. The van der Waals surface area contributed by atoms with E-state index in [-0.39, 0.29) is 6.54 Å². The molecule has 0 saturated heterocycles. The lowest BCUT2D eigenvalue weighted by Gasteiger charge is -2.28. The number of nitrogens with zero attached hydrogens (tertiary/aromatic N) is 1. The van der Waals surface area contributed by atoms with Crippen molar-refractivity contribution in [1.82, 2.24) is 4.90 Å². The van der Waals surface area contributed by atoms with Crippen molar-refractivity contribution in [3.63, 3.8) is 0 Å². The van der Waals surface area contributed by atoms with Crippen LogP contribution >= 0.6 is 15.9 Å². The number of alkyl halides is 1. The number of halogens is 1. The first-order chi connectivity index (χ1) is 10.9. The molecule has 0 aliphatic heterocycles. The lowest BCUT2D eigenvalue weighted by Crippen LogP contribution is -2.43. The van der Waals surface area contributed by atoms with Gasteiger partial charge in [-0.05, 0) is 52.7 Å². The fourth-order valence-corrected chi connectivity index (χ4v) is 2.13. The van der Waals surface area contributed by atoms with Crippen LogP contribution in [-0.2, 0) is 21.3 Å². The molecule has 0 bridgehead atoms. The van der Waals surface area contributed by atoms with Gasteiger partial charge in [0.05, 0.1) is 6.54 Å². The van der Waals surface area contributed by atoms with Crippen molar-refractivity contribution in [2.24, 2.45) is 0 Å². The van der Waals surface area contributed by atoms with Gasteiger partial charge < -0.3 is 9.47 Å². The molecule has 1 aromatic rings. The molecule has 134 valence electrons. The lowest BCUT2D eigenvalue weighted by molar-refractivity contribution is -0.000243. The van der Waals surface area contributed by atoms with Crippen LogP contribution in [0.5, 0.6) is 0 Å². The molecule has 1 rings (SSSR count). The number of carbonyl (C=O) groups is 2. The van der Waals surface area contributed by atoms with Gasteiger partial charge in [0.25, 0.3) is 0 Å². The Bertz CT molecular complexity index is 542. The normalized spacial score (nSPS) is 11.8. The standard InChI is InChI=1S/C18H26BrNO4/c1-17(2,3)23-15(21)20(16(22)24-18(4,5)6)12-14-9-7-13(11-19)8-10-14/h7-10H,11-12H2,1-6H3. The highest BCUT2D eigenvalue weighted by Crippen LogP contribution is 2.17. The molecule has 0 aromatic heterocycles. The van der Waals surface area contributed by atoms with Crippen LogP contribution in [0.3, 0.4) is 0 Å². The third-order valence-electron chi connectivity index (χ3n) is 2.75. The van der Waals surface area contributed by atoms with E-state index in [0.717, 1.165) is 21.4 Å². The SMILES string of the molecule is CC(C)(C)OC(=O)N(Cc1ccc(CBr)cc1)C(=O)OC(C)(C)C. The van der Waals surface area contributed by atoms with Gasteiger partial charge in [-0.25, -0.2) is 14.5 Å². The van der Waals surface area contributed by atoms with Crippen molar-refractivity contribution >= 4 is 28.1 Å². The number of carbonyl (C=O) groups excluding carboxylic acids is 2. The van der Waals surface area contributed by atoms with Crippen LogP contribution in [0, 0.1) is 0 Å². The minimum absolute atomic E-state index is 0.0897. The number of hydrogen-bond acceptors (Lipinski definition) is 4. The molecule has 0 aliphatic carbocycles. The van der Waals surface area contributed by atoms with Gasteiger partial charge in [0.1, 0.15) is 11.2 Å². The average Bonchev–Trinajstić information content (AvgIpc) is 2.41. The van der Waals surface area contributed by atoms with E-state index < -0.39 is 23.4 Å². The van der Waals surface area contributed by atoms with E-state index in [1.165, 1.54) is 0 Å². The zero-order chi connectivity index (χ0) is 18.5. The molecule has 0 N–H and O–H groups in total. The number of rotatable bonds is 3. The summed E-state index contributed by atoms with van der Waals surface area (Å²) < 4.78 is 10.7. The molecular weight excluding hydrogens is 374 g/mol. The second-order valence-electron chi connectivity index (χ2n) is 7.50. The van der Waals surface area contributed by atoms with Crippen LogP contribution in [0.4, 0.5) is 9.59 Å². The molecule has 0 radical (unpaired) electrons. The zero-order valence-corrected chi connectivity index (χ0v) is 16.8. The van der Waals surface area contributed by atoms with Crippen molar-refractivity contribution in [3.8, 4) is 0 Å². The van der Waals surface area contributed by atoms with E-state index in [1.54, 1.807) is 41.5 Å². The molecule has 2 amide bonds. The Balaban J connectivity index is 2.98. The maximum atomic E-state index is 12.4. The fourth-order valence-electron chi connectivity index (χ4n) is 1.75. The number of hydrogen-bond donors (Lipinski definition) is 0. The van der Waals surface area contributed by atoms with Gasteiger partial charge in [0.15, 0.2) is 0 Å². The van der Waals surface area contributed by atoms with Gasteiger partial charge in [-0.1, -0.05) is 40.2 Å². The maximum absolute atomic E-state index is 12.4. The number of imide groups is 1. The first-order valence-electron chi connectivity index (χ1n) is 7.78. The Morgan fingerprint density at radius 3 is 1.58 bits per heavy atom. The van der Waals surface area contributed by atoms with Gasteiger partial charge in [0.2, 0.25) is 0 Å². The lowest BCUT2D eigenvalue weighted by atomic mass is 10.1. The number of amides is 2. The first-order valence-corrected chi connectivity index (χ1v) is 8.91. The van der Waals surface area contributed by atoms with E-state index in [0.29, 0.717) is 0 Å². The van der Waals surface area contributed by atoms with Crippen molar-refractivity contribution in [1.29, 1.82) is 0 Å². The Kier molecular flexibility index (Phi) is 6.84. The van der Waals surface area contributed by atoms with Crippen LogP contribution < -0.4 is 0 Å². The summed E-state index contributed by atoms with van der Waals surface area (Å²) in [5, 5.41) is 0.745. The van der Waals surface area contributed by atoms with Crippen LogP contribution in [-0.4, -0.2) is 28.3 Å². The van der Waals surface area contributed by atoms with Gasteiger partial charge in [-0.15, -0.1) is 0 Å². The monoisotopic (exact) mass is 399 g/mol. The highest BCUT2D eigenvalue weighted by molar-refractivity contribution is 9.08. The summed E-state index contributed by atoms with van der Waals surface area (Å²) in [6, 6.07) is 7.62. The van der Waals surface area contributed by atoms with Crippen molar-refractivity contribution in [2.75, 3.05) is 0 Å². The molecule has 5 nitrogen and oxygen atoms in total. The molecule has 1 aromatic carbocycles. The van der Waals surface area contributed by atoms with Gasteiger partial charge in [0, 0.05) is 5.33 Å². The van der Waals surface area contributed by atoms with Crippen molar-refractivity contribution < 1.29 is 19.1 Å². The molecule has 0 fully saturated rings. The maximum Gasteiger partial charge on any atom is 0.420 e. The van der Waals surface area contributed by atoms with Crippen LogP contribution in [0.15, 0.2) is 24.3 Å². The van der Waals surface area contributed by atoms with E-state index in [9.17, 15) is 9.59 Å². The largest absolute Gasteiger partial charge is 0.443 e. The molecule has 0 heterocycles. The second kappa shape index (κ2) is 8.01. The first kappa shape index (κ1) is 20.5. The van der Waals surface area contributed by atoms with Crippen molar-refractivity contribution in [2.45, 2.75) is 64.6 Å². The van der Waals surface area contributed by atoms with Crippen LogP contribution in [0.1, 0.15) is 52.7 Å². The van der Waals surface area contributed by atoms with E-state index >= 15 is 0 Å². The molecule has 24 heavy (non-hydrogen) atoms. The highest BCUT2D eigenvalue weighted by atomic mass is 79.9. The molecular formula is C18H26BrNO4. The van der Waals surface area contributed by atoms with E-state index in [1.807, 2.05) is 24.3 Å². The predicted octanol–water partition coefficient (Wildman–Crippen LogP) is 5.25. The Labute approximate surface area is 152 Å². The third kappa shape index (κ3) is 7.34. The Hall–Kier alpha value is -1.56. The molecule has 0 saturated carbocycles. The van der Waals surface area contributed by atoms with Gasteiger partial charge in [-0.2, -0.15) is 0 Å². The minimum Gasteiger partial charge on any atom is -0.443 e. The predicted molar refractivity (Wildman–Crippen MR) is 97.1 cm³/mol. The van der Waals surface area contributed by atoms with E-state index in [2.05, 4.69) is 15.9 Å². The summed E-state index contributed by atoms with van der Waals surface area (Å²) in [5.41, 5.74) is 0.533.